The maximum Gasteiger partial charge on any atom is 0.306 e. The van der Waals surface area contributed by atoms with E-state index >= 15 is 0 Å². The maximum absolute atomic E-state index is 11.8. The third-order valence-electron chi connectivity index (χ3n) is 2.47. The Morgan fingerprint density at radius 3 is 2.53 bits per heavy atom. The number of hydrogen-bond donors (Lipinski definition) is 2. The Morgan fingerprint density at radius 2 is 2.00 bits per heavy atom. The monoisotopic (exact) mass is 287 g/mol. The lowest BCUT2D eigenvalue weighted by molar-refractivity contribution is -0.139. The smallest absolute Gasteiger partial charge is 0.306 e. The van der Waals surface area contributed by atoms with Crippen molar-refractivity contribution in [3.8, 4) is 0 Å². The summed E-state index contributed by atoms with van der Waals surface area (Å²) in [7, 11) is -2.15. The summed E-state index contributed by atoms with van der Waals surface area (Å²) in [5.74, 6) is -1.17. The zero-order valence-corrected chi connectivity index (χ0v) is 11.4. The van der Waals surface area contributed by atoms with Gasteiger partial charge >= 0.3 is 5.97 Å². The first kappa shape index (κ1) is 15.6. The number of benzene rings is 1. The second-order valence-electron chi connectivity index (χ2n) is 4.05. The topological polar surface area (TPSA) is 92.7 Å². The molecule has 0 bridgehead atoms. The van der Waals surface area contributed by atoms with Crippen molar-refractivity contribution >= 4 is 16.0 Å². The van der Waals surface area contributed by atoms with Crippen molar-refractivity contribution in [1.29, 1.82) is 0 Å². The van der Waals surface area contributed by atoms with Gasteiger partial charge in [0.25, 0.3) is 0 Å². The van der Waals surface area contributed by atoms with Crippen molar-refractivity contribution in [2.24, 2.45) is 0 Å². The molecular weight excluding hydrogens is 270 g/mol. The molecule has 0 saturated carbocycles. The molecule has 1 aromatic carbocycles. The zero-order chi connectivity index (χ0) is 14.3. The van der Waals surface area contributed by atoms with Gasteiger partial charge in [-0.25, -0.2) is 13.1 Å². The Balaban J connectivity index is 2.53. The molecule has 0 aliphatic carbocycles. The predicted molar refractivity (Wildman–Crippen MR) is 70.1 cm³/mol. The predicted octanol–water partition coefficient (Wildman–Crippen LogP) is 0.596. The number of rotatable bonds is 8. The van der Waals surface area contributed by atoms with Gasteiger partial charge in [0.05, 0.1) is 18.3 Å². The van der Waals surface area contributed by atoms with Crippen LogP contribution in [0.1, 0.15) is 12.0 Å². The van der Waals surface area contributed by atoms with Gasteiger partial charge in [-0.3, -0.25) is 4.79 Å². The van der Waals surface area contributed by atoms with Gasteiger partial charge in [0.1, 0.15) is 0 Å². The minimum Gasteiger partial charge on any atom is -0.481 e. The highest BCUT2D eigenvalue weighted by Crippen LogP contribution is 2.05. The number of carboxylic acid groups (broad SMARTS) is 1. The number of methoxy groups -OCH3 is 1. The molecule has 1 aromatic rings. The number of carbonyl (C=O) groups is 1. The molecule has 1 rings (SSSR count). The van der Waals surface area contributed by atoms with Crippen molar-refractivity contribution < 1.29 is 23.1 Å². The van der Waals surface area contributed by atoms with Crippen LogP contribution in [0.25, 0.3) is 0 Å². The van der Waals surface area contributed by atoms with E-state index in [9.17, 15) is 13.2 Å². The summed E-state index contributed by atoms with van der Waals surface area (Å²) in [6, 6.07) is 8.74. The summed E-state index contributed by atoms with van der Waals surface area (Å²) in [5, 5.41) is 8.62. The molecule has 2 N–H and O–H groups in total. The molecule has 6 nitrogen and oxygen atoms in total. The lowest BCUT2D eigenvalue weighted by Crippen LogP contribution is -2.35. The second kappa shape index (κ2) is 7.22. The van der Waals surface area contributed by atoms with E-state index in [1.807, 2.05) is 0 Å². The van der Waals surface area contributed by atoms with Crippen LogP contribution in [0, 0.1) is 0 Å². The summed E-state index contributed by atoms with van der Waals surface area (Å²) in [4.78, 5) is 10.5. The van der Waals surface area contributed by atoms with E-state index in [0.717, 1.165) is 0 Å². The molecule has 0 aliphatic heterocycles. The van der Waals surface area contributed by atoms with Crippen molar-refractivity contribution in [3.05, 3.63) is 35.9 Å². The molecule has 106 valence electrons. The van der Waals surface area contributed by atoms with Gasteiger partial charge in [0, 0.05) is 13.7 Å². The van der Waals surface area contributed by atoms with E-state index in [-0.39, 0.29) is 18.7 Å². The molecule has 0 aliphatic rings. The normalized spacial score (nSPS) is 13.1. The SMILES string of the molecule is COC(CNS(=O)(=O)Cc1ccccc1)CC(=O)O. The average molecular weight is 287 g/mol. The quantitative estimate of drug-likeness (QED) is 0.730. The van der Waals surface area contributed by atoms with Gasteiger partial charge in [0.15, 0.2) is 0 Å². The highest BCUT2D eigenvalue weighted by molar-refractivity contribution is 7.88. The fraction of sp³-hybridized carbons (Fsp3) is 0.417. The van der Waals surface area contributed by atoms with Gasteiger partial charge in [-0.15, -0.1) is 0 Å². The fourth-order valence-corrected chi connectivity index (χ4v) is 2.67. The molecule has 0 spiro atoms. The van der Waals surface area contributed by atoms with Gasteiger partial charge in [-0.1, -0.05) is 30.3 Å². The molecule has 1 atom stereocenters. The molecule has 19 heavy (non-hydrogen) atoms. The molecule has 1 unspecified atom stereocenters. The lowest BCUT2D eigenvalue weighted by Gasteiger charge is -2.14. The molecule has 0 aromatic heterocycles. The average Bonchev–Trinajstić information content (AvgIpc) is 2.34. The van der Waals surface area contributed by atoms with E-state index in [1.54, 1.807) is 30.3 Å². The fourth-order valence-electron chi connectivity index (χ4n) is 1.50. The minimum atomic E-state index is -3.50. The minimum absolute atomic E-state index is 0.0576. The Hall–Kier alpha value is -1.44. The van der Waals surface area contributed by atoms with Crippen molar-refractivity contribution in [1.82, 2.24) is 4.72 Å². The third kappa shape index (κ3) is 6.32. The van der Waals surface area contributed by atoms with Crippen LogP contribution in [-0.2, 0) is 25.3 Å². The summed E-state index contributed by atoms with van der Waals surface area (Å²) in [6.45, 7) is -0.0576. The highest BCUT2D eigenvalue weighted by Gasteiger charge is 2.17. The number of nitrogens with one attached hydrogen (secondary N) is 1. The van der Waals surface area contributed by atoms with Crippen LogP contribution in [0.15, 0.2) is 30.3 Å². The van der Waals surface area contributed by atoms with Crippen molar-refractivity contribution in [2.45, 2.75) is 18.3 Å². The van der Waals surface area contributed by atoms with Gasteiger partial charge in [-0.05, 0) is 5.56 Å². The Bertz CT molecular complexity index is 500. The molecule has 0 radical (unpaired) electrons. The first-order chi connectivity index (χ1) is 8.93. The largest absolute Gasteiger partial charge is 0.481 e. The Labute approximate surface area is 112 Å². The van der Waals surface area contributed by atoms with Crippen LogP contribution in [0.3, 0.4) is 0 Å². The van der Waals surface area contributed by atoms with Crippen molar-refractivity contribution in [2.75, 3.05) is 13.7 Å². The summed E-state index contributed by atoms with van der Waals surface area (Å²) >= 11 is 0. The Morgan fingerprint density at radius 1 is 1.37 bits per heavy atom. The second-order valence-corrected chi connectivity index (χ2v) is 5.86. The third-order valence-corrected chi connectivity index (χ3v) is 3.79. The lowest BCUT2D eigenvalue weighted by atomic mass is 10.2. The molecule has 0 fully saturated rings. The van der Waals surface area contributed by atoms with Gasteiger partial charge in [-0.2, -0.15) is 0 Å². The zero-order valence-electron chi connectivity index (χ0n) is 10.6. The first-order valence-corrected chi connectivity index (χ1v) is 7.34. The number of carboxylic acids is 1. The highest BCUT2D eigenvalue weighted by atomic mass is 32.2. The molecular formula is C12H17NO5S. The van der Waals surface area contributed by atoms with Crippen LogP contribution in [-0.4, -0.2) is 39.3 Å². The van der Waals surface area contributed by atoms with E-state index in [1.165, 1.54) is 7.11 Å². The first-order valence-electron chi connectivity index (χ1n) is 5.69. The van der Waals surface area contributed by atoms with Gasteiger partial charge in [0.2, 0.25) is 10.0 Å². The van der Waals surface area contributed by atoms with Crippen LogP contribution >= 0.6 is 0 Å². The summed E-state index contributed by atoms with van der Waals surface area (Å²) < 4.78 is 30.8. The molecule has 0 amide bonds. The van der Waals surface area contributed by atoms with E-state index < -0.39 is 22.1 Å². The van der Waals surface area contributed by atoms with E-state index in [2.05, 4.69) is 4.72 Å². The van der Waals surface area contributed by atoms with Crippen LogP contribution in [0.4, 0.5) is 0 Å². The molecule has 7 heteroatoms. The molecule has 0 heterocycles. The standard InChI is InChI=1S/C12H17NO5S/c1-18-11(7-12(14)15)8-13-19(16,17)9-10-5-3-2-4-6-10/h2-6,11,13H,7-9H2,1H3,(H,14,15). The summed E-state index contributed by atoms with van der Waals surface area (Å²) in [6.07, 6.45) is -0.923. The van der Waals surface area contributed by atoms with Crippen molar-refractivity contribution in [3.63, 3.8) is 0 Å². The maximum atomic E-state index is 11.8. The number of aliphatic carboxylic acids is 1. The van der Waals surface area contributed by atoms with E-state index in [0.29, 0.717) is 5.56 Å². The number of hydrogen-bond acceptors (Lipinski definition) is 4. The number of sulfonamides is 1. The summed E-state index contributed by atoms with van der Waals surface area (Å²) in [5.41, 5.74) is 0.669. The molecule has 0 saturated heterocycles. The Kier molecular flexibility index (Phi) is 5.94. The number of ether oxygens (including phenoxy) is 1. The van der Waals surface area contributed by atoms with Crippen LogP contribution in [0.5, 0.6) is 0 Å². The van der Waals surface area contributed by atoms with Crippen LogP contribution < -0.4 is 4.72 Å². The van der Waals surface area contributed by atoms with E-state index in [4.69, 9.17) is 9.84 Å². The van der Waals surface area contributed by atoms with Gasteiger partial charge < -0.3 is 9.84 Å². The van der Waals surface area contributed by atoms with Crippen LogP contribution in [0.2, 0.25) is 0 Å².